The topological polar surface area (TPSA) is 70.1 Å². The Kier molecular flexibility index (Phi) is 7.41. The van der Waals surface area contributed by atoms with Crippen molar-refractivity contribution in [1.29, 1.82) is 0 Å². The lowest BCUT2D eigenvalue weighted by Crippen LogP contribution is -2.32. The summed E-state index contributed by atoms with van der Waals surface area (Å²) in [5, 5.41) is 11.4. The van der Waals surface area contributed by atoms with E-state index in [1.54, 1.807) is 12.1 Å². The molecule has 1 N–H and O–H groups in total. The number of halogens is 2. The van der Waals surface area contributed by atoms with E-state index in [1.807, 2.05) is 43.3 Å². The number of hydrogen-bond donors (Lipinski definition) is 1. The van der Waals surface area contributed by atoms with Crippen LogP contribution in [0.1, 0.15) is 23.6 Å². The Hall–Kier alpha value is -2.35. The maximum Gasteiger partial charge on any atom is 0.295 e. The molecular formula is C23H24BrClN2O4. The highest BCUT2D eigenvalue weighted by Gasteiger charge is 2.45. The van der Waals surface area contributed by atoms with Gasteiger partial charge in [0.15, 0.2) is 0 Å². The Balaban J connectivity index is 2.10. The Labute approximate surface area is 195 Å². The molecule has 0 aromatic heterocycles. The number of ketones is 1. The Morgan fingerprint density at radius 3 is 2.45 bits per heavy atom. The first-order chi connectivity index (χ1) is 14.7. The molecule has 2 aromatic rings. The minimum Gasteiger partial charge on any atom is -0.507 e. The highest BCUT2D eigenvalue weighted by atomic mass is 79.9. The van der Waals surface area contributed by atoms with Gasteiger partial charge < -0.3 is 19.6 Å². The highest BCUT2D eigenvalue weighted by molar-refractivity contribution is 9.10. The zero-order chi connectivity index (χ0) is 22.7. The van der Waals surface area contributed by atoms with Gasteiger partial charge in [0.2, 0.25) is 0 Å². The summed E-state index contributed by atoms with van der Waals surface area (Å²) in [6.07, 6.45) is 0.696. The lowest BCUT2D eigenvalue weighted by molar-refractivity contribution is -0.139. The van der Waals surface area contributed by atoms with Crippen LogP contribution in [0.4, 0.5) is 0 Å². The van der Waals surface area contributed by atoms with Crippen molar-refractivity contribution in [1.82, 2.24) is 9.80 Å². The number of aliphatic hydroxyl groups is 1. The van der Waals surface area contributed by atoms with Crippen LogP contribution in [0.15, 0.2) is 52.5 Å². The van der Waals surface area contributed by atoms with Crippen LogP contribution in [0, 0.1) is 0 Å². The van der Waals surface area contributed by atoms with E-state index < -0.39 is 17.7 Å². The quantitative estimate of drug-likeness (QED) is 0.340. The minimum atomic E-state index is -0.706. The fourth-order valence-corrected chi connectivity index (χ4v) is 4.15. The molecule has 2 aromatic carbocycles. The number of carbonyl (C=O) groups excluding carboxylic acids is 2. The second-order valence-electron chi connectivity index (χ2n) is 7.55. The van der Waals surface area contributed by atoms with E-state index >= 15 is 0 Å². The number of amides is 1. The highest BCUT2D eigenvalue weighted by Crippen LogP contribution is 2.40. The van der Waals surface area contributed by atoms with E-state index in [-0.39, 0.29) is 11.3 Å². The largest absolute Gasteiger partial charge is 0.507 e. The molecule has 1 amide bonds. The monoisotopic (exact) mass is 506 g/mol. The third-order valence-corrected chi connectivity index (χ3v) is 5.98. The molecule has 6 nitrogen and oxygen atoms in total. The first-order valence-electron chi connectivity index (χ1n) is 9.77. The van der Waals surface area contributed by atoms with Gasteiger partial charge in [0.1, 0.15) is 11.5 Å². The molecule has 3 rings (SSSR count). The molecule has 164 valence electrons. The summed E-state index contributed by atoms with van der Waals surface area (Å²) in [6.45, 7) is 1.16. The van der Waals surface area contributed by atoms with Crippen molar-refractivity contribution in [3.8, 4) is 5.75 Å². The summed E-state index contributed by atoms with van der Waals surface area (Å²) in [5.74, 6) is -1.13. The van der Waals surface area contributed by atoms with Gasteiger partial charge in [-0.05, 0) is 63.0 Å². The Morgan fingerprint density at radius 1 is 1.19 bits per heavy atom. The van der Waals surface area contributed by atoms with Crippen molar-refractivity contribution < 1.29 is 19.4 Å². The third kappa shape index (κ3) is 4.95. The smallest absolute Gasteiger partial charge is 0.295 e. The molecule has 0 bridgehead atoms. The number of carbonyl (C=O) groups is 2. The summed E-state index contributed by atoms with van der Waals surface area (Å²) in [4.78, 5) is 29.5. The average molecular weight is 508 g/mol. The van der Waals surface area contributed by atoms with Gasteiger partial charge in [-0.3, -0.25) is 9.59 Å². The zero-order valence-electron chi connectivity index (χ0n) is 17.6. The second kappa shape index (κ2) is 9.85. The number of methoxy groups -OCH3 is 1. The predicted molar refractivity (Wildman–Crippen MR) is 124 cm³/mol. The van der Waals surface area contributed by atoms with Crippen LogP contribution >= 0.6 is 27.5 Å². The maximum atomic E-state index is 13.0. The lowest BCUT2D eigenvalue weighted by atomic mass is 9.95. The van der Waals surface area contributed by atoms with Crippen LogP contribution in [0.2, 0.25) is 5.02 Å². The van der Waals surface area contributed by atoms with Gasteiger partial charge in [0.25, 0.3) is 11.7 Å². The number of Topliss-reactive ketones (excluding diaryl/α,β-unsaturated/α-hetero) is 1. The van der Waals surface area contributed by atoms with Crippen molar-refractivity contribution >= 4 is 45.0 Å². The van der Waals surface area contributed by atoms with E-state index in [2.05, 4.69) is 15.9 Å². The number of benzene rings is 2. The fraction of sp³-hybridized carbons (Fsp3) is 0.304. The van der Waals surface area contributed by atoms with Crippen LogP contribution in [-0.2, 0) is 9.59 Å². The van der Waals surface area contributed by atoms with Crippen LogP contribution in [0.25, 0.3) is 5.76 Å². The number of likely N-dealkylation sites (tertiary alicyclic amines) is 1. The number of rotatable bonds is 7. The molecule has 0 spiro atoms. The predicted octanol–water partition coefficient (Wildman–Crippen LogP) is 4.48. The van der Waals surface area contributed by atoms with Gasteiger partial charge in [-0.15, -0.1) is 0 Å². The van der Waals surface area contributed by atoms with Gasteiger partial charge >= 0.3 is 0 Å². The van der Waals surface area contributed by atoms with Gasteiger partial charge in [0.05, 0.1) is 23.7 Å². The van der Waals surface area contributed by atoms with E-state index in [1.165, 1.54) is 18.1 Å². The van der Waals surface area contributed by atoms with E-state index in [9.17, 15) is 14.7 Å². The fourth-order valence-electron chi connectivity index (χ4n) is 3.63. The average Bonchev–Trinajstić information content (AvgIpc) is 2.98. The summed E-state index contributed by atoms with van der Waals surface area (Å²) < 4.78 is 6.04. The van der Waals surface area contributed by atoms with E-state index in [4.69, 9.17) is 16.3 Å². The number of ether oxygens (including phenoxy) is 1. The molecule has 8 heteroatoms. The molecular weight excluding hydrogens is 484 g/mol. The minimum absolute atomic E-state index is 0.0541. The van der Waals surface area contributed by atoms with Crippen LogP contribution in [0.3, 0.4) is 0 Å². The summed E-state index contributed by atoms with van der Waals surface area (Å²) in [5.41, 5.74) is 1.14. The number of nitrogens with zero attached hydrogens (tertiary/aromatic N) is 2. The first kappa shape index (κ1) is 23.3. The van der Waals surface area contributed by atoms with Crippen molar-refractivity contribution in [3.63, 3.8) is 0 Å². The van der Waals surface area contributed by atoms with Gasteiger partial charge in [0, 0.05) is 16.6 Å². The number of hydrogen-bond acceptors (Lipinski definition) is 5. The Bertz CT molecular complexity index is 1020. The molecule has 1 atom stereocenters. The molecule has 0 aliphatic carbocycles. The molecule has 1 saturated heterocycles. The van der Waals surface area contributed by atoms with Gasteiger partial charge in [-0.25, -0.2) is 0 Å². The molecule has 1 aliphatic rings. The normalized spacial score (nSPS) is 18.1. The molecule has 1 heterocycles. The molecule has 1 aliphatic heterocycles. The van der Waals surface area contributed by atoms with Gasteiger partial charge in [-0.2, -0.15) is 0 Å². The summed E-state index contributed by atoms with van der Waals surface area (Å²) in [6, 6.07) is 11.4. The SMILES string of the molecule is COc1ccc(C(O)=C2C(=O)C(=O)N(CCCN(C)C)[C@@H]2c2ccc(Br)cc2)cc1Cl. The third-order valence-electron chi connectivity index (χ3n) is 5.16. The standard InChI is InChI=1S/C23H24BrClN2O4/c1-26(2)11-4-12-27-20(14-5-8-16(24)9-6-14)19(22(29)23(27)30)21(28)15-7-10-18(31-3)17(25)13-15/h5-10,13,20,28H,4,11-12H2,1-3H3/t20-/m1/s1. The van der Waals surface area contributed by atoms with Crippen molar-refractivity contribution in [2.45, 2.75) is 12.5 Å². The van der Waals surface area contributed by atoms with Crippen molar-refractivity contribution in [3.05, 3.63) is 68.7 Å². The van der Waals surface area contributed by atoms with Crippen LogP contribution in [-0.4, -0.2) is 60.9 Å². The Morgan fingerprint density at radius 2 is 1.87 bits per heavy atom. The van der Waals surface area contributed by atoms with Crippen molar-refractivity contribution in [2.75, 3.05) is 34.3 Å². The van der Waals surface area contributed by atoms with Gasteiger partial charge in [-0.1, -0.05) is 39.7 Å². The second-order valence-corrected chi connectivity index (χ2v) is 8.87. The summed E-state index contributed by atoms with van der Waals surface area (Å²) in [7, 11) is 5.40. The van der Waals surface area contributed by atoms with Crippen molar-refractivity contribution in [2.24, 2.45) is 0 Å². The first-order valence-corrected chi connectivity index (χ1v) is 10.9. The van der Waals surface area contributed by atoms with Crippen LogP contribution in [0.5, 0.6) is 5.75 Å². The zero-order valence-corrected chi connectivity index (χ0v) is 19.9. The molecule has 0 unspecified atom stereocenters. The molecule has 31 heavy (non-hydrogen) atoms. The van der Waals surface area contributed by atoms with E-state index in [0.717, 1.165) is 16.6 Å². The molecule has 0 radical (unpaired) electrons. The van der Waals surface area contributed by atoms with E-state index in [0.29, 0.717) is 29.3 Å². The van der Waals surface area contributed by atoms with Crippen LogP contribution < -0.4 is 4.74 Å². The lowest BCUT2D eigenvalue weighted by Gasteiger charge is -2.26. The molecule has 0 saturated carbocycles. The number of aliphatic hydroxyl groups excluding tert-OH is 1. The maximum absolute atomic E-state index is 13.0. The summed E-state index contributed by atoms with van der Waals surface area (Å²) >= 11 is 9.62. The molecule has 1 fully saturated rings.